The number of aryl methyl sites for hydroxylation is 1. The van der Waals surface area contributed by atoms with Crippen molar-refractivity contribution in [1.29, 1.82) is 0 Å². The van der Waals surface area contributed by atoms with E-state index in [0.29, 0.717) is 11.7 Å². The number of rotatable bonds is 10. The van der Waals surface area contributed by atoms with Gasteiger partial charge in [0.15, 0.2) is 0 Å². The molecule has 1 aromatic rings. The number of allylic oxidation sites excluding steroid dienone is 1. The van der Waals surface area contributed by atoms with Crippen molar-refractivity contribution >= 4 is 0 Å². The van der Waals surface area contributed by atoms with Crippen molar-refractivity contribution in [3.05, 3.63) is 60.2 Å². The Morgan fingerprint density at radius 2 is 2.09 bits per heavy atom. The van der Waals surface area contributed by atoms with Crippen LogP contribution in [-0.4, -0.2) is 6.04 Å². The van der Waals surface area contributed by atoms with Crippen LogP contribution in [0.4, 0.5) is 4.39 Å². The molecule has 0 bridgehead atoms. The molecule has 1 aromatic carbocycles. The molecular formula is C19H29FN2. The fraction of sp³-hybridized carbons (Fsp3) is 0.474. The maximum absolute atomic E-state index is 14.0. The van der Waals surface area contributed by atoms with Gasteiger partial charge in [0.25, 0.3) is 0 Å². The summed E-state index contributed by atoms with van der Waals surface area (Å²) >= 11 is 0. The molecule has 0 spiro atoms. The molecule has 0 saturated heterocycles. The summed E-state index contributed by atoms with van der Waals surface area (Å²) in [7, 11) is 0. The van der Waals surface area contributed by atoms with Crippen LogP contribution in [0, 0.1) is 5.82 Å². The van der Waals surface area contributed by atoms with Gasteiger partial charge in [-0.2, -0.15) is 0 Å². The van der Waals surface area contributed by atoms with Crippen LogP contribution in [0.2, 0.25) is 0 Å². The summed E-state index contributed by atoms with van der Waals surface area (Å²) < 4.78 is 14.0. The van der Waals surface area contributed by atoms with E-state index in [1.165, 1.54) is 0 Å². The highest BCUT2D eigenvalue weighted by molar-refractivity contribution is 5.26. The van der Waals surface area contributed by atoms with E-state index in [2.05, 4.69) is 18.5 Å². The van der Waals surface area contributed by atoms with Crippen LogP contribution >= 0.6 is 0 Å². The normalized spacial score (nSPS) is 12.2. The monoisotopic (exact) mass is 304 g/mol. The molecule has 0 amide bonds. The SMILES string of the molecule is C=CNC(CCCc1ccc(C(C)C)c(F)c1)CCC(=C)N. The Morgan fingerprint density at radius 1 is 1.36 bits per heavy atom. The van der Waals surface area contributed by atoms with Gasteiger partial charge in [-0.25, -0.2) is 4.39 Å². The Bertz CT molecular complexity index is 494. The molecule has 0 fully saturated rings. The lowest BCUT2D eigenvalue weighted by Crippen LogP contribution is -2.24. The second kappa shape index (κ2) is 9.29. The molecule has 0 aliphatic rings. The highest BCUT2D eigenvalue weighted by atomic mass is 19.1. The van der Waals surface area contributed by atoms with Crippen LogP contribution in [0.15, 0.2) is 43.3 Å². The van der Waals surface area contributed by atoms with E-state index in [9.17, 15) is 4.39 Å². The van der Waals surface area contributed by atoms with E-state index in [1.807, 2.05) is 26.0 Å². The van der Waals surface area contributed by atoms with E-state index in [1.54, 1.807) is 12.3 Å². The van der Waals surface area contributed by atoms with Crippen molar-refractivity contribution in [2.75, 3.05) is 0 Å². The third-order valence-electron chi connectivity index (χ3n) is 3.87. The van der Waals surface area contributed by atoms with Gasteiger partial charge in [0.1, 0.15) is 5.82 Å². The van der Waals surface area contributed by atoms with E-state index in [4.69, 9.17) is 5.73 Å². The summed E-state index contributed by atoms with van der Waals surface area (Å²) in [6.07, 6.45) is 6.37. The topological polar surface area (TPSA) is 38.0 Å². The van der Waals surface area contributed by atoms with Crippen LogP contribution in [-0.2, 0) is 6.42 Å². The van der Waals surface area contributed by atoms with Gasteiger partial charge in [-0.3, -0.25) is 0 Å². The van der Waals surface area contributed by atoms with E-state index in [-0.39, 0.29) is 11.7 Å². The van der Waals surface area contributed by atoms with Crippen LogP contribution in [0.25, 0.3) is 0 Å². The summed E-state index contributed by atoms with van der Waals surface area (Å²) in [5.74, 6) is 0.132. The average Bonchev–Trinajstić information content (AvgIpc) is 2.44. The largest absolute Gasteiger partial charge is 0.403 e. The molecule has 1 atom stereocenters. The molecule has 0 aliphatic heterocycles. The fourth-order valence-electron chi connectivity index (χ4n) is 2.58. The second-order valence-electron chi connectivity index (χ2n) is 6.17. The Hall–Kier alpha value is -1.77. The third kappa shape index (κ3) is 6.33. The molecule has 1 rings (SSSR count). The van der Waals surface area contributed by atoms with Crippen LogP contribution in [0.3, 0.4) is 0 Å². The molecule has 0 saturated carbocycles. The minimum absolute atomic E-state index is 0.0901. The standard InChI is InChI=1S/C19H29FN2/c1-5-22-17(11-9-15(4)21)8-6-7-16-10-12-18(14(2)3)19(20)13-16/h5,10,12-14,17,22H,1,4,6-9,11,21H2,2-3H3. The number of nitrogens with one attached hydrogen (secondary N) is 1. The first kappa shape index (κ1) is 18.3. The molecule has 2 nitrogen and oxygen atoms in total. The van der Waals surface area contributed by atoms with Crippen molar-refractivity contribution in [2.45, 2.75) is 57.9 Å². The second-order valence-corrected chi connectivity index (χ2v) is 6.17. The summed E-state index contributed by atoms with van der Waals surface area (Å²) in [5, 5.41) is 3.25. The van der Waals surface area contributed by atoms with Crippen molar-refractivity contribution in [3.63, 3.8) is 0 Å². The van der Waals surface area contributed by atoms with Gasteiger partial charge in [0.05, 0.1) is 0 Å². The minimum atomic E-state index is -0.0901. The molecule has 0 aromatic heterocycles. The summed E-state index contributed by atoms with van der Waals surface area (Å²) in [4.78, 5) is 0. The molecule has 0 heterocycles. The molecule has 22 heavy (non-hydrogen) atoms. The zero-order valence-electron chi connectivity index (χ0n) is 13.9. The molecule has 1 unspecified atom stereocenters. The number of halogens is 1. The Labute approximate surface area is 134 Å². The van der Waals surface area contributed by atoms with Crippen molar-refractivity contribution in [1.82, 2.24) is 5.32 Å². The van der Waals surface area contributed by atoms with Gasteiger partial charge in [-0.05, 0) is 61.4 Å². The highest BCUT2D eigenvalue weighted by Gasteiger charge is 2.09. The minimum Gasteiger partial charge on any atom is -0.403 e. The first-order chi connectivity index (χ1) is 10.4. The number of benzene rings is 1. The number of nitrogens with two attached hydrogens (primary N) is 1. The third-order valence-corrected chi connectivity index (χ3v) is 3.87. The van der Waals surface area contributed by atoms with E-state index >= 15 is 0 Å². The smallest absolute Gasteiger partial charge is 0.126 e. The highest BCUT2D eigenvalue weighted by Crippen LogP contribution is 2.20. The average molecular weight is 304 g/mol. The predicted molar refractivity (Wildman–Crippen MR) is 93.1 cm³/mol. The Balaban J connectivity index is 2.48. The summed E-state index contributed by atoms with van der Waals surface area (Å²) in [6, 6.07) is 5.97. The van der Waals surface area contributed by atoms with Gasteiger partial charge in [-0.1, -0.05) is 39.1 Å². The maximum atomic E-state index is 14.0. The first-order valence-electron chi connectivity index (χ1n) is 8.02. The number of hydrogen-bond donors (Lipinski definition) is 2. The maximum Gasteiger partial charge on any atom is 0.126 e. The summed E-state index contributed by atoms with van der Waals surface area (Å²) in [5.41, 5.74) is 8.18. The molecule has 122 valence electrons. The molecule has 0 aliphatic carbocycles. The number of hydrogen-bond acceptors (Lipinski definition) is 2. The predicted octanol–water partition coefficient (Wildman–Crippen LogP) is 4.63. The van der Waals surface area contributed by atoms with Crippen LogP contribution in [0.5, 0.6) is 0 Å². The van der Waals surface area contributed by atoms with Gasteiger partial charge in [0.2, 0.25) is 0 Å². The quantitative estimate of drug-likeness (QED) is 0.661. The van der Waals surface area contributed by atoms with Crippen LogP contribution in [0.1, 0.15) is 56.6 Å². The lowest BCUT2D eigenvalue weighted by atomic mass is 9.97. The van der Waals surface area contributed by atoms with Gasteiger partial charge >= 0.3 is 0 Å². The summed E-state index contributed by atoms with van der Waals surface area (Å²) in [6.45, 7) is 11.5. The van der Waals surface area contributed by atoms with E-state index in [0.717, 1.165) is 43.2 Å². The van der Waals surface area contributed by atoms with Crippen molar-refractivity contribution < 1.29 is 4.39 Å². The molecular weight excluding hydrogens is 275 g/mol. The molecule has 3 heteroatoms. The Morgan fingerprint density at radius 3 is 2.64 bits per heavy atom. The zero-order chi connectivity index (χ0) is 16.5. The van der Waals surface area contributed by atoms with Gasteiger partial charge in [0, 0.05) is 11.7 Å². The van der Waals surface area contributed by atoms with Gasteiger partial charge < -0.3 is 11.1 Å². The molecule has 3 N–H and O–H groups in total. The first-order valence-corrected chi connectivity index (χ1v) is 8.02. The lowest BCUT2D eigenvalue weighted by Gasteiger charge is -2.17. The molecule has 0 radical (unpaired) electrons. The van der Waals surface area contributed by atoms with Crippen molar-refractivity contribution in [2.24, 2.45) is 5.73 Å². The van der Waals surface area contributed by atoms with Gasteiger partial charge in [-0.15, -0.1) is 0 Å². The fourth-order valence-corrected chi connectivity index (χ4v) is 2.58. The van der Waals surface area contributed by atoms with Crippen molar-refractivity contribution in [3.8, 4) is 0 Å². The van der Waals surface area contributed by atoms with Crippen LogP contribution < -0.4 is 11.1 Å². The van der Waals surface area contributed by atoms with E-state index < -0.39 is 0 Å². The zero-order valence-corrected chi connectivity index (χ0v) is 13.9. The Kier molecular flexibility index (Phi) is 7.72. The lowest BCUT2D eigenvalue weighted by molar-refractivity contribution is 0.488.